The van der Waals surface area contributed by atoms with Crippen LogP contribution in [0.5, 0.6) is 0 Å². The Hall–Kier alpha value is -2.94. The number of hydrogen-bond donors (Lipinski definition) is 2. The predicted octanol–water partition coefficient (Wildman–Crippen LogP) is 0.724. The smallest absolute Gasteiger partial charge is 0.248 e. The molecule has 3 aliphatic rings. The van der Waals surface area contributed by atoms with E-state index in [4.69, 9.17) is 4.74 Å². The highest BCUT2D eigenvalue weighted by Crippen LogP contribution is 2.36. The molecule has 2 bridgehead atoms. The Morgan fingerprint density at radius 1 is 1.09 bits per heavy atom. The van der Waals surface area contributed by atoms with Crippen LogP contribution in [0.1, 0.15) is 38.2 Å². The molecule has 4 rings (SSSR count). The maximum absolute atomic E-state index is 14.0. The molecule has 3 aliphatic heterocycles. The third kappa shape index (κ3) is 6.01. The Balaban J connectivity index is 1.61. The lowest BCUT2D eigenvalue weighted by atomic mass is 9.77. The van der Waals surface area contributed by atoms with Crippen molar-refractivity contribution in [3.63, 3.8) is 0 Å². The zero-order valence-corrected chi connectivity index (χ0v) is 20.6. The molecule has 0 radical (unpaired) electrons. The summed E-state index contributed by atoms with van der Waals surface area (Å²) in [6, 6.07) is 8.11. The minimum atomic E-state index is -0.726. The Kier molecular flexibility index (Phi) is 8.05. The summed E-state index contributed by atoms with van der Waals surface area (Å²) in [4.78, 5) is 55.7. The molecule has 0 unspecified atom stereocenters. The summed E-state index contributed by atoms with van der Waals surface area (Å²) in [5, 5.41) is 5.68. The van der Waals surface area contributed by atoms with Gasteiger partial charge in [-0.3, -0.25) is 19.2 Å². The minimum Gasteiger partial charge on any atom is -0.375 e. The molecule has 0 spiro atoms. The second kappa shape index (κ2) is 11.2. The maximum Gasteiger partial charge on any atom is 0.248 e. The lowest BCUT2D eigenvalue weighted by molar-refractivity contribution is -0.150. The van der Waals surface area contributed by atoms with E-state index < -0.39 is 12.1 Å². The summed E-state index contributed by atoms with van der Waals surface area (Å²) in [7, 11) is 1.52. The largest absolute Gasteiger partial charge is 0.375 e. The number of likely N-dealkylation sites (tertiary alicyclic amines) is 1. The van der Waals surface area contributed by atoms with Gasteiger partial charge < -0.3 is 25.2 Å². The van der Waals surface area contributed by atoms with Crippen molar-refractivity contribution >= 4 is 23.6 Å². The molecular formula is C26H36N4O5. The summed E-state index contributed by atoms with van der Waals surface area (Å²) in [6.45, 7) is 3.41. The van der Waals surface area contributed by atoms with E-state index in [9.17, 15) is 19.2 Å². The quantitative estimate of drug-likeness (QED) is 0.655. The highest BCUT2D eigenvalue weighted by molar-refractivity contribution is 5.92. The number of methoxy groups -OCH3 is 1. The van der Waals surface area contributed by atoms with E-state index in [2.05, 4.69) is 10.6 Å². The number of benzene rings is 1. The number of carbonyl (C=O) groups is 4. The second-order valence-electron chi connectivity index (χ2n) is 10.1. The molecule has 0 aromatic heterocycles. The van der Waals surface area contributed by atoms with Crippen LogP contribution < -0.4 is 10.6 Å². The molecule has 9 nitrogen and oxygen atoms in total. The first kappa shape index (κ1) is 25.2. The SMILES string of the molecule is COCC(=O)N1C[C@@H]2C[C@H](C1)[C@@H]1CCCC(=O)N[C@H](C)C(=O)N[C@@H](Cc3ccccc3)C(=O)N1C2. The zero-order chi connectivity index (χ0) is 24.9. The van der Waals surface area contributed by atoms with Gasteiger partial charge in [-0.1, -0.05) is 30.3 Å². The van der Waals surface area contributed by atoms with E-state index in [1.165, 1.54) is 7.11 Å². The van der Waals surface area contributed by atoms with Crippen molar-refractivity contribution in [2.75, 3.05) is 33.4 Å². The van der Waals surface area contributed by atoms with Crippen LogP contribution in [0.15, 0.2) is 30.3 Å². The van der Waals surface area contributed by atoms with Gasteiger partial charge in [0.05, 0.1) is 0 Å². The average molecular weight is 485 g/mol. The fourth-order valence-electron chi connectivity index (χ4n) is 5.79. The number of ether oxygens (including phenoxy) is 1. The van der Waals surface area contributed by atoms with Crippen LogP contribution in [0.2, 0.25) is 0 Å². The Bertz CT molecular complexity index is 939. The standard InChI is InChI=1S/C26H36N4O5/c1-17-25(33)28-21(12-18-7-4-3-5-8-18)26(34)30-14-19-11-20(15-29(13-19)24(32)16-35-2)22(30)9-6-10-23(31)27-17/h3-5,7-8,17,19-22H,6,9-16H2,1-2H3,(H,27,31)(H,28,33)/t17-,19+,20-,21+,22+/m1/s1. The van der Waals surface area contributed by atoms with E-state index in [0.29, 0.717) is 45.3 Å². The number of nitrogens with zero attached hydrogens (tertiary/aromatic N) is 2. The van der Waals surface area contributed by atoms with Crippen LogP contribution >= 0.6 is 0 Å². The van der Waals surface area contributed by atoms with Gasteiger partial charge in [-0.05, 0) is 43.6 Å². The van der Waals surface area contributed by atoms with Gasteiger partial charge in [0.25, 0.3) is 0 Å². The molecule has 3 saturated heterocycles. The molecule has 35 heavy (non-hydrogen) atoms. The van der Waals surface area contributed by atoms with Crippen LogP contribution in [-0.4, -0.2) is 84.9 Å². The third-order valence-corrected chi connectivity index (χ3v) is 7.44. The summed E-state index contributed by atoms with van der Waals surface area (Å²) < 4.78 is 5.06. The third-order valence-electron chi connectivity index (χ3n) is 7.44. The van der Waals surface area contributed by atoms with Crippen molar-refractivity contribution < 1.29 is 23.9 Å². The monoisotopic (exact) mass is 484 g/mol. The minimum absolute atomic E-state index is 0.0299. The molecule has 0 aliphatic carbocycles. The lowest BCUT2D eigenvalue weighted by Gasteiger charge is -2.51. The van der Waals surface area contributed by atoms with Gasteiger partial charge in [0.15, 0.2) is 0 Å². The summed E-state index contributed by atoms with van der Waals surface area (Å²) in [5.41, 5.74) is 0.958. The second-order valence-corrected chi connectivity index (χ2v) is 10.1. The number of nitrogens with one attached hydrogen (secondary N) is 2. The first-order chi connectivity index (χ1) is 16.9. The highest BCUT2D eigenvalue weighted by Gasteiger charge is 2.45. The van der Waals surface area contributed by atoms with Gasteiger partial charge in [-0.15, -0.1) is 0 Å². The summed E-state index contributed by atoms with van der Waals surface area (Å²) >= 11 is 0. The highest BCUT2D eigenvalue weighted by atomic mass is 16.5. The van der Waals surface area contributed by atoms with E-state index >= 15 is 0 Å². The van der Waals surface area contributed by atoms with Crippen LogP contribution in [0, 0.1) is 11.8 Å². The molecule has 2 N–H and O–H groups in total. The topological polar surface area (TPSA) is 108 Å². The van der Waals surface area contributed by atoms with E-state index in [1.807, 2.05) is 40.1 Å². The van der Waals surface area contributed by atoms with Gasteiger partial charge in [0, 0.05) is 45.6 Å². The number of amides is 4. The Labute approximate surface area is 206 Å². The first-order valence-electron chi connectivity index (χ1n) is 12.6. The lowest BCUT2D eigenvalue weighted by Crippen LogP contribution is -2.64. The molecule has 3 heterocycles. The van der Waals surface area contributed by atoms with Crippen molar-refractivity contribution in [3.8, 4) is 0 Å². The maximum atomic E-state index is 14.0. The van der Waals surface area contributed by atoms with Crippen molar-refractivity contribution in [3.05, 3.63) is 35.9 Å². The molecule has 1 aromatic carbocycles. The number of hydrogen-bond acceptors (Lipinski definition) is 5. The number of carbonyl (C=O) groups excluding carboxylic acids is 4. The summed E-state index contributed by atoms with van der Waals surface area (Å²) in [5.74, 6) is -0.336. The van der Waals surface area contributed by atoms with Crippen molar-refractivity contribution in [1.29, 1.82) is 0 Å². The predicted molar refractivity (Wildman–Crippen MR) is 129 cm³/mol. The van der Waals surface area contributed by atoms with E-state index in [-0.39, 0.29) is 48.1 Å². The first-order valence-corrected chi connectivity index (χ1v) is 12.6. The van der Waals surface area contributed by atoms with Gasteiger partial charge in [0.1, 0.15) is 18.7 Å². The van der Waals surface area contributed by atoms with Crippen LogP contribution in [0.25, 0.3) is 0 Å². The molecular weight excluding hydrogens is 448 g/mol. The van der Waals surface area contributed by atoms with Crippen molar-refractivity contribution in [2.24, 2.45) is 11.8 Å². The van der Waals surface area contributed by atoms with Gasteiger partial charge in [0.2, 0.25) is 23.6 Å². The number of rotatable bonds is 4. The van der Waals surface area contributed by atoms with Crippen molar-refractivity contribution in [1.82, 2.24) is 20.4 Å². The molecule has 5 atom stereocenters. The van der Waals surface area contributed by atoms with Gasteiger partial charge >= 0.3 is 0 Å². The van der Waals surface area contributed by atoms with Crippen molar-refractivity contribution in [2.45, 2.75) is 57.2 Å². The molecule has 1 aromatic rings. The molecule has 0 saturated carbocycles. The van der Waals surface area contributed by atoms with Gasteiger partial charge in [-0.25, -0.2) is 0 Å². The Morgan fingerprint density at radius 3 is 2.60 bits per heavy atom. The average Bonchev–Trinajstić information content (AvgIpc) is 2.84. The Morgan fingerprint density at radius 2 is 1.86 bits per heavy atom. The summed E-state index contributed by atoms with van der Waals surface area (Å²) in [6.07, 6.45) is 2.92. The van der Waals surface area contributed by atoms with Crippen LogP contribution in [0.3, 0.4) is 0 Å². The molecule has 4 amide bonds. The van der Waals surface area contributed by atoms with Gasteiger partial charge in [-0.2, -0.15) is 0 Å². The molecule has 9 heteroatoms. The van der Waals surface area contributed by atoms with E-state index in [1.54, 1.807) is 6.92 Å². The molecule has 190 valence electrons. The van der Waals surface area contributed by atoms with Crippen LogP contribution in [-0.2, 0) is 30.3 Å². The fraction of sp³-hybridized carbons (Fsp3) is 0.615. The number of fused-ring (bicyclic) bond motifs is 4. The van der Waals surface area contributed by atoms with Crippen LogP contribution in [0.4, 0.5) is 0 Å². The molecule has 3 fully saturated rings. The zero-order valence-electron chi connectivity index (χ0n) is 20.6. The normalized spacial score (nSPS) is 29.9. The fourth-order valence-corrected chi connectivity index (χ4v) is 5.79. The number of piperidine rings is 2. The van der Waals surface area contributed by atoms with E-state index in [0.717, 1.165) is 12.0 Å².